The van der Waals surface area contributed by atoms with Gasteiger partial charge in [-0.2, -0.15) is 12.6 Å². The molecule has 1 aliphatic rings. The number of nitro benzene ring substituents is 1. The minimum atomic E-state index is -0.930. The minimum absolute atomic E-state index is 0.0289. The molecular formula is C16H19N3O5S. The van der Waals surface area contributed by atoms with Crippen molar-refractivity contribution < 1.29 is 19.2 Å². The van der Waals surface area contributed by atoms with Crippen molar-refractivity contribution in [3.05, 3.63) is 46.0 Å². The Kier molecular flexibility index (Phi) is 5.84. The van der Waals surface area contributed by atoms with Gasteiger partial charge in [-0.1, -0.05) is 0 Å². The predicted molar refractivity (Wildman–Crippen MR) is 94.1 cm³/mol. The number of carbonyl (C=O) groups excluding carboxylic acids is 2. The molecule has 0 saturated carbocycles. The summed E-state index contributed by atoms with van der Waals surface area (Å²) >= 11 is 4.43. The first-order chi connectivity index (χ1) is 11.8. The fourth-order valence-corrected chi connectivity index (χ4v) is 3.28. The third-order valence-electron chi connectivity index (χ3n) is 4.19. The average Bonchev–Trinajstić information content (AvgIpc) is 2.91. The zero-order chi connectivity index (χ0) is 18.6. The van der Waals surface area contributed by atoms with Crippen LogP contribution in [-0.4, -0.2) is 58.3 Å². The van der Waals surface area contributed by atoms with Crippen LogP contribution in [0.2, 0.25) is 0 Å². The number of amides is 1. The van der Waals surface area contributed by atoms with E-state index in [-0.39, 0.29) is 17.5 Å². The number of nitrogens with zero attached hydrogens (tertiary/aromatic N) is 3. The van der Waals surface area contributed by atoms with Crippen LogP contribution in [0.1, 0.15) is 12.0 Å². The molecule has 1 aromatic carbocycles. The van der Waals surface area contributed by atoms with E-state index in [0.717, 1.165) is 0 Å². The molecule has 1 aromatic rings. The fraction of sp³-hybridized carbons (Fsp3) is 0.438. The van der Waals surface area contributed by atoms with Crippen LogP contribution in [0.5, 0.6) is 0 Å². The van der Waals surface area contributed by atoms with Gasteiger partial charge in [-0.25, -0.2) is 9.59 Å². The smallest absolute Gasteiger partial charge is 0.411 e. The molecule has 2 atom stereocenters. The van der Waals surface area contributed by atoms with Crippen molar-refractivity contribution in [1.29, 1.82) is 0 Å². The first kappa shape index (κ1) is 19.0. The molecule has 8 nitrogen and oxygen atoms in total. The van der Waals surface area contributed by atoms with Crippen LogP contribution in [0.15, 0.2) is 30.3 Å². The van der Waals surface area contributed by atoms with Crippen LogP contribution in [0, 0.1) is 10.1 Å². The Morgan fingerprint density at radius 3 is 2.68 bits per heavy atom. The molecule has 0 unspecified atom stereocenters. The number of likely N-dealkylation sites (N-methyl/N-ethyl adjacent to an activating group) is 1. The van der Waals surface area contributed by atoms with Gasteiger partial charge in [0, 0.05) is 36.4 Å². The minimum Gasteiger partial charge on any atom is -0.444 e. The summed E-state index contributed by atoms with van der Waals surface area (Å²) in [4.78, 5) is 36.8. The monoisotopic (exact) mass is 365 g/mol. The van der Waals surface area contributed by atoms with Gasteiger partial charge in [0.1, 0.15) is 18.2 Å². The highest BCUT2D eigenvalue weighted by Gasteiger charge is 2.48. The summed E-state index contributed by atoms with van der Waals surface area (Å²) in [5.74, 6) is 1.76. The molecule has 1 heterocycles. The highest BCUT2D eigenvalue weighted by molar-refractivity contribution is 7.81. The molecule has 134 valence electrons. The Balaban J connectivity index is 2.10. The summed E-state index contributed by atoms with van der Waals surface area (Å²) in [5, 5.41) is 10.5. The largest absolute Gasteiger partial charge is 0.444 e. The summed E-state index contributed by atoms with van der Waals surface area (Å²) < 4.78 is 5.32. The van der Waals surface area contributed by atoms with E-state index in [4.69, 9.17) is 4.74 Å². The van der Waals surface area contributed by atoms with Gasteiger partial charge in [0.15, 0.2) is 0 Å². The zero-order valence-corrected chi connectivity index (χ0v) is 14.8. The number of rotatable bonds is 5. The molecule has 1 aliphatic heterocycles. The van der Waals surface area contributed by atoms with E-state index in [9.17, 15) is 19.7 Å². The van der Waals surface area contributed by atoms with E-state index in [1.54, 1.807) is 24.9 Å². The van der Waals surface area contributed by atoms with Gasteiger partial charge in [0.25, 0.3) is 5.69 Å². The maximum absolute atomic E-state index is 12.5. The Hall–Kier alpha value is -2.35. The van der Waals surface area contributed by atoms with Gasteiger partial charge in [-0.3, -0.25) is 19.9 Å². The number of hydrogen-bond acceptors (Lipinski definition) is 7. The van der Waals surface area contributed by atoms with Crippen molar-refractivity contribution in [2.75, 3.05) is 20.6 Å². The summed E-state index contributed by atoms with van der Waals surface area (Å²) in [6, 6.07) is 5.76. The summed E-state index contributed by atoms with van der Waals surface area (Å²) in [6.07, 6.45) is 1.19. The summed E-state index contributed by atoms with van der Waals surface area (Å²) in [7, 11) is 3.52. The topological polar surface area (TPSA) is 93.0 Å². The van der Waals surface area contributed by atoms with Crippen molar-refractivity contribution >= 4 is 30.4 Å². The molecule has 1 amide bonds. The van der Waals surface area contributed by atoms with Gasteiger partial charge < -0.3 is 4.74 Å². The molecular weight excluding hydrogens is 346 g/mol. The zero-order valence-electron chi connectivity index (χ0n) is 13.9. The van der Waals surface area contributed by atoms with Crippen LogP contribution in [0.4, 0.5) is 10.5 Å². The van der Waals surface area contributed by atoms with Crippen LogP contribution in [0.25, 0.3) is 0 Å². The number of hydrogen-bond donors (Lipinski definition) is 1. The van der Waals surface area contributed by atoms with Crippen molar-refractivity contribution in [2.24, 2.45) is 0 Å². The SMILES string of the molecule is CN(C)[C@]1(C=C=O)C[C@H](S)CN1C(=O)OCc1ccc([N+](=O)[O-])cc1. The van der Waals surface area contributed by atoms with Gasteiger partial charge >= 0.3 is 6.09 Å². The number of non-ortho nitro benzene ring substituents is 1. The quantitative estimate of drug-likeness (QED) is 0.371. The summed E-state index contributed by atoms with van der Waals surface area (Å²) in [5.41, 5.74) is -0.335. The van der Waals surface area contributed by atoms with Crippen LogP contribution < -0.4 is 0 Å². The second-order valence-electron chi connectivity index (χ2n) is 5.98. The van der Waals surface area contributed by atoms with E-state index in [2.05, 4.69) is 12.6 Å². The Morgan fingerprint density at radius 1 is 1.52 bits per heavy atom. The number of likely N-dealkylation sites (tertiary alicyclic amines) is 1. The Morgan fingerprint density at radius 2 is 2.16 bits per heavy atom. The molecule has 1 fully saturated rings. The number of benzene rings is 1. The normalized spacial score (nSPS) is 22.6. The molecule has 9 heteroatoms. The molecule has 1 saturated heterocycles. The van der Waals surface area contributed by atoms with E-state index in [1.807, 2.05) is 0 Å². The summed E-state index contributed by atoms with van der Waals surface area (Å²) in [6.45, 7) is 0.303. The van der Waals surface area contributed by atoms with Gasteiger partial charge in [0.2, 0.25) is 0 Å². The number of thiol groups is 1. The lowest BCUT2D eigenvalue weighted by atomic mass is 10.1. The van der Waals surface area contributed by atoms with Crippen LogP contribution >= 0.6 is 12.6 Å². The van der Waals surface area contributed by atoms with Crippen molar-refractivity contribution in [3.63, 3.8) is 0 Å². The highest BCUT2D eigenvalue weighted by atomic mass is 32.1. The third kappa shape index (κ3) is 4.01. The van der Waals surface area contributed by atoms with Crippen LogP contribution in [-0.2, 0) is 16.1 Å². The van der Waals surface area contributed by atoms with E-state index in [1.165, 1.54) is 35.2 Å². The third-order valence-corrected chi connectivity index (χ3v) is 4.54. The Labute approximate surface area is 150 Å². The standard InChI is InChI=1S/C16H19N3O5S/c1-17(2)16(7-8-20)9-14(25)10-18(16)15(21)24-11-12-3-5-13(6-4-12)19(22)23/h3-7,14,25H,9-11H2,1-2H3/t14-,16-/m0/s1. The first-order valence-electron chi connectivity index (χ1n) is 7.55. The van der Waals surface area contributed by atoms with Crippen molar-refractivity contribution in [2.45, 2.75) is 23.9 Å². The van der Waals surface area contributed by atoms with E-state index >= 15 is 0 Å². The van der Waals surface area contributed by atoms with Gasteiger partial charge in [-0.15, -0.1) is 0 Å². The lowest BCUT2D eigenvalue weighted by Crippen LogP contribution is -2.55. The molecule has 25 heavy (non-hydrogen) atoms. The second kappa shape index (κ2) is 7.69. The highest BCUT2D eigenvalue weighted by Crippen LogP contribution is 2.35. The van der Waals surface area contributed by atoms with Gasteiger partial charge in [0.05, 0.1) is 4.92 Å². The van der Waals surface area contributed by atoms with E-state index < -0.39 is 16.7 Å². The van der Waals surface area contributed by atoms with Crippen molar-refractivity contribution in [3.8, 4) is 0 Å². The number of nitro groups is 1. The Bertz CT molecular complexity index is 702. The molecule has 0 radical (unpaired) electrons. The fourth-order valence-electron chi connectivity index (χ4n) is 2.84. The van der Waals surface area contributed by atoms with E-state index in [0.29, 0.717) is 18.5 Å². The first-order valence-corrected chi connectivity index (χ1v) is 8.07. The lowest BCUT2D eigenvalue weighted by molar-refractivity contribution is -0.384. The maximum Gasteiger partial charge on any atom is 0.411 e. The predicted octanol–water partition coefficient (Wildman–Crippen LogP) is 1.88. The molecule has 2 rings (SSSR count). The van der Waals surface area contributed by atoms with Crippen molar-refractivity contribution in [1.82, 2.24) is 9.80 Å². The van der Waals surface area contributed by atoms with Gasteiger partial charge in [-0.05, 0) is 31.8 Å². The van der Waals surface area contributed by atoms with Crippen LogP contribution in [0.3, 0.4) is 0 Å². The second-order valence-corrected chi connectivity index (χ2v) is 6.71. The maximum atomic E-state index is 12.5. The molecule has 0 aromatic heterocycles. The molecule has 0 N–H and O–H groups in total. The number of ether oxygens (including phenoxy) is 1. The lowest BCUT2D eigenvalue weighted by Gasteiger charge is -2.39. The number of carbonyl (C=O) groups is 1. The molecule has 0 spiro atoms. The molecule has 0 bridgehead atoms. The average molecular weight is 365 g/mol. The molecule has 0 aliphatic carbocycles.